The Bertz CT molecular complexity index is 1330. The maximum atomic E-state index is 15.0. The van der Waals surface area contributed by atoms with Crippen molar-refractivity contribution in [2.45, 2.75) is 52.2 Å². The van der Waals surface area contributed by atoms with Crippen LogP contribution in [0.5, 0.6) is 11.5 Å². The van der Waals surface area contributed by atoms with Crippen molar-refractivity contribution in [2.75, 3.05) is 25.0 Å². The van der Waals surface area contributed by atoms with E-state index in [4.69, 9.17) is 38.0 Å². The number of alkyl carbamates (subject to hydrolysis) is 1. The lowest BCUT2D eigenvalue weighted by Gasteiger charge is -2.19. The standard InChI is InChI=1S/C26H32ClF2N5O4SSi/c1-26(2,3)38-25(35)32-9-8-31-24(39)33-16-12-18(28)22(19(29)13-16)37-20-6-7-30-23-21(20)17(27)14-34(23)15-36-10-11-40(4)5/h6-7,12-14H,8-11,15H2,1-5H3,(H2-,31,32,33,35,39)/p+1. The molecule has 0 atom stereocenters. The van der Waals surface area contributed by atoms with Gasteiger partial charge in [0.15, 0.2) is 22.5 Å². The van der Waals surface area contributed by atoms with Gasteiger partial charge in [-0.3, -0.25) is 0 Å². The predicted molar refractivity (Wildman–Crippen MR) is 158 cm³/mol. The molecular weight excluding hydrogens is 580 g/mol. The van der Waals surface area contributed by atoms with E-state index in [1.165, 1.54) is 12.3 Å². The molecule has 3 aromatic rings. The molecule has 2 heterocycles. The van der Waals surface area contributed by atoms with Crippen molar-refractivity contribution in [3.8, 4) is 11.5 Å². The maximum Gasteiger partial charge on any atom is 0.407 e. The van der Waals surface area contributed by atoms with Crippen LogP contribution in [0.2, 0.25) is 24.2 Å². The van der Waals surface area contributed by atoms with Crippen LogP contribution in [-0.4, -0.2) is 54.9 Å². The number of halogens is 3. The van der Waals surface area contributed by atoms with Crippen molar-refractivity contribution >= 4 is 60.5 Å². The number of anilines is 1. The van der Waals surface area contributed by atoms with E-state index in [0.29, 0.717) is 22.7 Å². The van der Waals surface area contributed by atoms with Crippen LogP contribution in [0.25, 0.3) is 11.0 Å². The first-order chi connectivity index (χ1) is 18.8. The third-order valence-electron chi connectivity index (χ3n) is 5.20. The summed E-state index contributed by atoms with van der Waals surface area (Å²) in [5.41, 5.74) is -0.0654. The largest absolute Gasteiger partial charge is 0.450 e. The number of benzene rings is 1. The number of fused-ring (bicyclic) bond motifs is 1. The van der Waals surface area contributed by atoms with Gasteiger partial charge in [-0.05, 0) is 39.1 Å². The molecule has 1 amide bonds. The third kappa shape index (κ3) is 9.29. The minimum atomic E-state index is -0.947. The molecule has 1 aromatic carbocycles. The van der Waals surface area contributed by atoms with Gasteiger partial charge in [0.25, 0.3) is 0 Å². The van der Waals surface area contributed by atoms with E-state index < -0.39 is 37.9 Å². The number of aromatic nitrogens is 2. The molecule has 0 saturated heterocycles. The van der Waals surface area contributed by atoms with Gasteiger partial charge in [0.2, 0.25) is 0 Å². The Balaban J connectivity index is 1.62. The topological polar surface area (TPSA) is 98.7 Å². The number of nitrogens with zero attached hydrogens (tertiary/aromatic N) is 2. The quantitative estimate of drug-likeness (QED) is 0.132. The van der Waals surface area contributed by atoms with E-state index in [-0.39, 0.29) is 36.4 Å². The number of ether oxygens (including phenoxy) is 3. The van der Waals surface area contributed by atoms with Crippen molar-refractivity contribution < 1.29 is 27.8 Å². The molecule has 0 bridgehead atoms. The van der Waals surface area contributed by atoms with Gasteiger partial charge in [0.05, 0.1) is 36.2 Å². The summed E-state index contributed by atoms with van der Waals surface area (Å²) in [6, 6.07) is 4.61. The molecule has 2 aromatic heterocycles. The Morgan fingerprint density at radius 1 is 1.18 bits per heavy atom. The third-order valence-corrected chi connectivity index (χ3v) is 6.93. The molecule has 0 aliphatic carbocycles. The summed E-state index contributed by atoms with van der Waals surface area (Å²) in [7, 11) is -0.397. The molecule has 3 rings (SSSR count). The number of hydrogen-bond acceptors (Lipinski definition) is 6. The van der Waals surface area contributed by atoms with Gasteiger partial charge in [0, 0.05) is 43.3 Å². The summed E-state index contributed by atoms with van der Waals surface area (Å²) in [5.74, 6) is -2.34. The van der Waals surface area contributed by atoms with E-state index in [1.54, 1.807) is 31.5 Å². The van der Waals surface area contributed by atoms with Crippen LogP contribution >= 0.6 is 23.8 Å². The number of nitrogens with one attached hydrogen (secondary N) is 3. The highest BCUT2D eigenvalue weighted by molar-refractivity contribution is 7.80. The fraction of sp³-hybridized carbons (Fsp3) is 0.423. The lowest BCUT2D eigenvalue weighted by Crippen LogP contribution is -2.39. The number of hydrogen-bond donors (Lipinski definition) is 3. The average molecular weight is 613 g/mol. The minimum absolute atomic E-state index is 0.0739. The highest BCUT2D eigenvalue weighted by atomic mass is 35.5. The molecular formula is C26H33ClF2N5O4SSi+. The van der Waals surface area contributed by atoms with Crippen LogP contribution in [0.4, 0.5) is 19.3 Å². The molecule has 0 fully saturated rings. The van der Waals surface area contributed by atoms with Gasteiger partial charge in [-0.25, -0.2) is 18.6 Å². The average Bonchev–Trinajstić information content (AvgIpc) is 3.17. The zero-order valence-electron chi connectivity index (χ0n) is 23.0. The summed E-state index contributed by atoms with van der Waals surface area (Å²) >= 11 is 11.6. The van der Waals surface area contributed by atoms with E-state index in [0.717, 1.165) is 18.2 Å². The van der Waals surface area contributed by atoms with Crippen LogP contribution in [-0.2, 0) is 16.2 Å². The Labute approximate surface area is 244 Å². The number of amides is 1. The first-order valence-corrected chi connectivity index (χ1v) is 16.0. The van der Waals surface area contributed by atoms with Crippen molar-refractivity contribution in [3.63, 3.8) is 0 Å². The molecule has 0 spiro atoms. The molecule has 0 aliphatic heterocycles. The summed E-state index contributed by atoms with van der Waals surface area (Å²) in [5, 5.41) is 8.95. The molecule has 0 saturated carbocycles. The van der Waals surface area contributed by atoms with Crippen molar-refractivity contribution in [3.05, 3.63) is 47.2 Å². The van der Waals surface area contributed by atoms with Crippen LogP contribution in [0.1, 0.15) is 20.8 Å². The van der Waals surface area contributed by atoms with Crippen LogP contribution < -0.4 is 20.7 Å². The van der Waals surface area contributed by atoms with Crippen molar-refractivity contribution in [1.82, 2.24) is 20.2 Å². The lowest BCUT2D eigenvalue weighted by molar-refractivity contribution is 0.0529. The molecule has 0 radical (unpaired) electrons. The maximum absolute atomic E-state index is 15.0. The van der Waals surface area contributed by atoms with Crippen LogP contribution in [0.15, 0.2) is 30.6 Å². The molecule has 14 heteroatoms. The number of thiocarbonyl (C=S) groups is 1. The molecule has 3 N–H and O–H groups in total. The summed E-state index contributed by atoms with van der Waals surface area (Å²) in [6.07, 6.45) is 2.55. The van der Waals surface area contributed by atoms with Gasteiger partial charge in [-0.15, -0.1) is 0 Å². The molecule has 9 nitrogen and oxygen atoms in total. The van der Waals surface area contributed by atoms with Gasteiger partial charge in [0.1, 0.15) is 23.7 Å². The Kier molecular flexibility index (Phi) is 11.1. The first kappa shape index (κ1) is 31.5. The molecule has 0 unspecified atom stereocenters. The summed E-state index contributed by atoms with van der Waals surface area (Å²) in [6.45, 7) is 11.0. The second-order valence-electron chi connectivity index (χ2n) is 10.1. The zero-order chi connectivity index (χ0) is 29.4. The minimum Gasteiger partial charge on any atom is -0.450 e. The van der Waals surface area contributed by atoms with E-state index >= 15 is 0 Å². The predicted octanol–water partition coefficient (Wildman–Crippen LogP) is 6.30. The van der Waals surface area contributed by atoms with Gasteiger partial charge >= 0.3 is 14.9 Å². The second-order valence-corrected chi connectivity index (χ2v) is 13.9. The Hall–Kier alpha value is -3.00. The smallest absolute Gasteiger partial charge is 0.407 e. The summed E-state index contributed by atoms with van der Waals surface area (Å²) < 4.78 is 48.1. The second kappa shape index (κ2) is 14.1. The van der Waals surface area contributed by atoms with Gasteiger partial charge < -0.3 is 34.7 Å². The molecule has 0 aliphatic rings. The van der Waals surface area contributed by atoms with E-state index in [9.17, 15) is 13.6 Å². The monoisotopic (exact) mass is 612 g/mol. The highest BCUT2D eigenvalue weighted by Crippen LogP contribution is 2.37. The molecule has 216 valence electrons. The zero-order valence-corrected chi connectivity index (χ0v) is 25.6. The van der Waals surface area contributed by atoms with E-state index in [2.05, 4.69) is 34.0 Å². The Morgan fingerprint density at radius 3 is 2.50 bits per heavy atom. The van der Waals surface area contributed by atoms with Crippen molar-refractivity contribution in [1.29, 1.82) is 0 Å². The number of pyridine rings is 1. The first-order valence-electron chi connectivity index (χ1n) is 12.5. The number of carbonyl (C=O) groups excluding carboxylic acids is 1. The number of carbonyl (C=O) groups is 1. The lowest BCUT2D eigenvalue weighted by atomic mass is 10.2. The number of rotatable bonds is 11. The SMILES string of the molecule is C[Si+](C)CCOCn1cc(Cl)c2c(Oc3c(F)cc(NC(=S)NCCNC(=O)OC(C)(C)C)cc3F)ccnc21. The summed E-state index contributed by atoms with van der Waals surface area (Å²) in [4.78, 5) is 16.0. The fourth-order valence-corrected chi connectivity index (χ4v) is 4.50. The van der Waals surface area contributed by atoms with E-state index in [1.807, 2.05) is 0 Å². The van der Waals surface area contributed by atoms with Crippen LogP contribution in [0.3, 0.4) is 0 Å². The normalized spacial score (nSPS) is 11.3. The van der Waals surface area contributed by atoms with Gasteiger partial charge in [-0.1, -0.05) is 11.6 Å². The highest BCUT2D eigenvalue weighted by Gasteiger charge is 2.20. The fourth-order valence-electron chi connectivity index (χ4n) is 3.43. The Morgan fingerprint density at radius 2 is 1.85 bits per heavy atom. The molecule has 40 heavy (non-hydrogen) atoms. The van der Waals surface area contributed by atoms with Gasteiger partial charge in [-0.2, -0.15) is 0 Å². The van der Waals surface area contributed by atoms with Crippen LogP contribution in [0, 0.1) is 11.6 Å². The van der Waals surface area contributed by atoms with Crippen molar-refractivity contribution in [2.24, 2.45) is 0 Å².